The molecule has 5 heteroatoms. The Kier molecular flexibility index (Phi) is 20.6. The van der Waals surface area contributed by atoms with Crippen LogP contribution in [-0.4, -0.2) is 28.8 Å². The molecule has 5 nitrogen and oxygen atoms in total. The number of unbranched alkanes of at least 4 members (excludes halogenated alkanes) is 15. The van der Waals surface area contributed by atoms with E-state index < -0.39 is 11.9 Å². The van der Waals surface area contributed by atoms with Crippen LogP contribution in [0.15, 0.2) is 18.2 Å². The van der Waals surface area contributed by atoms with Gasteiger partial charge in [-0.05, 0) is 68.2 Å². The number of benzene rings is 1. The van der Waals surface area contributed by atoms with Crippen LogP contribution in [-0.2, 0) is 22.4 Å². The highest BCUT2D eigenvalue weighted by atomic mass is 16.5. The van der Waals surface area contributed by atoms with Crippen molar-refractivity contribution in [1.82, 2.24) is 0 Å². The number of carboxylic acids is 2. The highest BCUT2D eigenvalue weighted by molar-refractivity contribution is 5.66. The molecule has 0 fully saturated rings. The maximum Gasteiger partial charge on any atom is 0.303 e. The number of hydrogen-bond acceptors (Lipinski definition) is 3. The normalized spacial score (nSPS) is 11.1. The van der Waals surface area contributed by atoms with Crippen molar-refractivity contribution in [1.29, 1.82) is 0 Å². The summed E-state index contributed by atoms with van der Waals surface area (Å²) in [6, 6.07) is 6.68. The number of aryl methyl sites for hydroxylation is 2. The largest absolute Gasteiger partial charge is 0.494 e. The smallest absolute Gasteiger partial charge is 0.303 e. The van der Waals surface area contributed by atoms with Gasteiger partial charge in [-0.1, -0.05) is 96.5 Å². The standard InChI is InChI=1S/C32H54O5/c1-2-3-4-5-14-19-26-37-30-25-24-28(20-15-10-6-8-12-17-22-31(33)34)29(27-30)21-16-11-7-9-13-18-23-32(35)36/h24-25,27H,2-23,26H2,1H3,(H,33,34)(H,35,36). The zero-order chi connectivity index (χ0) is 27.0. The molecule has 0 atom stereocenters. The summed E-state index contributed by atoms with van der Waals surface area (Å²) < 4.78 is 6.11. The lowest BCUT2D eigenvalue weighted by Crippen LogP contribution is -2.01. The molecule has 0 unspecified atom stereocenters. The van der Waals surface area contributed by atoms with Crippen molar-refractivity contribution in [3.05, 3.63) is 29.3 Å². The lowest BCUT2D eigenvalue weighted by Gasteiger charge is -2.13. The molecule has 0 saturated carbocycles. The van der Waals surface area contributed by atoms with Crippen LogP contribution in [0.2, 0.25) is 0 Å². The van der Waals surface area contributed by atoms with Crippen LogP contribution >= 0.6 is 0 Å². The molecule has 0 heterocycles. The topological polar surface area (TPSA) is 83.8 Å². The molecular formula is C32H54O5. The van der Waals surface area contributed by atoms with Gasteiger partial charge in [-0.2, -0.15) is 0 Å². The number of aliphatic carboxylic acids is 2. The van der Waals surface area contributed by atoms with Crippen molar-refractivity contribution in [3.63, 3.8) is 0 Å². The first-order valence-electron chi connectivity index (χ1n) is 15.2. The Balaban J connectivity index is 2.43. The number of hydrogen-bond donors (Lipinski definition) is 2. The second-order valence-electron chi connectivity index (χ2n) is 10.6. The van der Waals surface area contributed by atoms with Crippen molar-refractivity contribution in [2.24, 2.45) is 0 Å². The summed E-state index contributed by atoms with van der Waals surface area (Å²) in [7, 11) is 0. The van der Waals surface area contributed by atoms with Crippen LogP contribution in [0.5, 0.6) is 5.75 Å². The summed E-state index contributed by atoms with van der Waals surface area (Å²) in [5.41, 5.74) is 2.87. The Morgan fingerprint density at radius 2 is 1.05 bits per heavy atom. The Labute approximate surface area is 226 Å². The fraction of sp³-hybridized carbons (Fsp3) is 0.750. The average molecular weight is 519 g/mol. The second-order valence-corrected chi connectivity index (χ2v) is 10.6. The maximum atomic E-state index is 10.6. The van der Waals surface area contributed by atoms with E-state index >= 15 is 0 Å². The number of ether oxygens (including phenoxy) is 1. The Hall–Kier alpha value is -2.04. The van der Waals surface area contributed by atoms with Crippen LogP contribution in [0.1, 0.15) is 146 Å². The Morgan fingerprint density at radius 3 is 1.59 bits per heavy atom. The van der Waals surface area contributed by atoms with Gasteiger partial charge in [-0.25, -0.2) is 0 Å². The molecule has 0 aromatic heterocycles. The van der Waals surface area contributed by atoms with Gasteiger partial charge in [0.1, 0.15) is 5.75 Å². The molecule has 1 aromatic carbocycles. The third kappa shape index (κ3) is 19.7. The zero-order valence-electron chi connectivity index (χ0n) is 23.6. The predicted octanol–water partition coefficient (Wildman–Crippen LogP) is 9.14. The first kappa shape index (κ1) is 33.0. The van der Waals surface area contributed by atoms with Crippen LogP contribution < -0.4 is 4.74 Å². The summed E-state index contributed by atoms with van der Waals surface area (Å²) >= 11 is 0. The highest BCUT2D eigenvalue weighted by Crippen LogP contribution is 2.23. The van der Waals surface area contributed by atoms with Gasteiger partial charge >= 0.3 is 11.9 Å². The third-order valence-corrected chi connectivity index (χ3v) is 7.12. The van der Waals surface area contributed by atoms with Gasteiger partial charge in [0.25, 0.3) is 0 Å². The van der Waals surface area contributed by atoms with Crippen molar-refractivity contribution in [3.8, 4) is 5.75 Å². The maximum absolute atomic E-state index is 10.6. The minimum atomic E-state index is -0.690. The average Bonchev–Trinajstić information content (AvgIpc) is 2.87. The summed E-state index contributed by atoms with van der Waals surface area (Å²) in [4.78, 5) is 21.2. The molecule has 0 bridgehead atoms. The molecule has 2 N–H and O–H groups in total. The van der Waals surface area contributed by atoms with E-state index in [9.17, 15) is 9.59 Å². The van der Waals surface area contributed by atoms with Crippen molar-refractivity contribution >= 4 is 11.9 Å². The molecule has 0 saturated heterocycles. The van der Waals surface area contributed by atoms with Gasteiger partial charge in [-0.3, -0.25) is 9.59 Å². The first-order chi connectivity index (χ1) is 18.0. The van der Waals surface area contributed by atoms with Gasteiger partial charge in [0.15, 0.2) is 0 Å². The van der Waals surface area contributed by atoms with E-state index in [0.717, 1.165) is 76.6 Å². The van der Waals surface area contributed by atoms with Crippen molar-refractivity contribution in [2.45, 2.75) is 148 Å². The molecule has 1 rings (SSSR count). The monoisotopic (exact) mass is 518 g/mol. The van der Waals surface area contributed by atoms with Crippen LogP contribution in [0.4, 0.5) is 0 Å². The van der Waals surface area contributed by atoms with E-state index in [1.807, 2.05) is 0 Å². The zero-order valence-corrected chi connectivity index (χ0v) is 23.6. The number of carbonyl (C=O) groups is 2. The molecule has 0 amide bonds. The van der Waals surface area contributed by atoms with Crippen LogP contribution in [0, 0.1) is 0 Å². The minimum absolute atomic E-state index is 0.289. The first-order valence-corrected chi connectivity index (χ1v) is 15.2. The van der Waals surface area contributed by atoms with E-state index in [0.29, 0.717) is 6.42 Å². The van der Waals surface area contributed by atoms with Crippen LogP contribution in [0.25, 0.3) is 0 Å². The van der Waals surface area contributed by atoms with Crippen LogP contribution in [0.3, 0.4) is 0 Å². The molecule has 1 aromatic rings. The van der Waals surface area contributed by atoms with Gasteiger partial charge in [-0.15, -0.1) is 0 Å². The number of rotatable bonds is 26. The van der Waals surface area contributed by atoms with E-state index in [1.54, 1.807) is 0 Å². The van der Waals surface area contributed by atoms with Gasteiger partial charge in [0, 0.05) is 12.8 Å². The molecule has 0 radical (unpaired) electrons. The number of carboxylic acid groups (broad SMARTS) is 2. The van der Waals surface area contributed by atoms with E-state index in [4.69, 9.17) is 14.9 Å². The fourth-order valence-corrected chi connectivity index (χ4v) is 4.84. The molecule has 0 spiro atoms. The molecule has 0 aliphatic carbocycles. The minimum Gasteiger partial charge on any atom is -0.494 e. The molecular weight excluding hydrogens is 464 g/mol. The molecule has 212 valence electrons. The summed E-state index contributed by atoms with van der Waals surface area (Å²) in [5, 5.41) is 17.5. The lowest BCUT2D eigenvalue weighted by atomic mass is 9.96. The van der Waals surface area contributed by atoms with Gasteiger partial charge in [0.05, 0.1) is 6.61 Å². The second kappa shape index (κ2) is 23.1. The molecule has 37 heavy (non-hydrogen) atoms. The van der Waals surface area contributed by atoms with Crippen molar-refractivity contribution in [2.75, 3.05) is 6.61 Å². The SMILES string of the molecule is CCCCCCCCOc1ccc(CCCCCCCCC(=O)O)c(CCCCCCCCC(=O)O)c1. The van der Waals surface area contributed by atoms with Crippen molar-refractivity contribution < 1.29 is 24.5 Å². The molecule has 0 aliphatic heterocycles. The lowest BCUT2D eigenvalue weighted by molar-refractivity contribution is -0.138. The fourth-order valence-electron chi connectivity index (χ4n) is 4.84. The Bertz CT molecular complexity index is 715. The van der Waals surface area contributed by atoms with Gasteiger partial charge in [0.2, 0.25) is 0 Å². The quantitative estimate of drug-likeness (QED) is 0.119. The van der Waals surface area contributed by atoms with Gasteiger partial charge < -0.3 is 14.9 Å². The highest BCUT2D eigenvalue weighted by Gasteiger charge is 2.07. The summed E-state index contributed by atoms with van der Waals surface area (Å²) in [5.74, 6) is -0.381. The van der Waals surface area contributed by atoms with E-state index in [1.165, 1.54) is 75.3 Å². The van der Waals surface area contributed by atoms with E-state index in [2.05, 4.69) is 25.1 Å². The third-order valence-electron chi connectivity index (χ3n) is 7.12. The Morgan fingerprint density at radius 1 is 0.595 bits per heavy atom. The summed E-state index contributed by atoms with van der Waals surface area (Å²) in [6.07, 6.45) is 23.3. The predicted molar refractivity (Wildman–Crippen MR) is 153 cm³/mol. The van der Waals surface area contributed by atoms with E-state index in [-0.39, 0.29) is 6.42 Å². The molecule has 0 aliphatic rings. The summed E-state index contributed by atoms with van der Waals surface area (Å²) in [6.45, 7) is 3.04.